The molecule has 2 heterocycles. The third kappa shape index (κ3) is 4.61. The predicted molar refractivity (Wildman–Crippen MR) is 124 cm³/mol. The maximum atomic E-state index is 13.0. The van der Waals surface area contributed by atoms with Gasteiger partial charge in [0.05, 0.1) is 17.3 Å². The molecule has 2 N–H and O–H groups in total. The molecule has 0 saturated heterocycles. The Labute approximate surface area is 185 Å². The number of benzene rings is 2. The highest BCUT2D eigenvalue weighted by Gasteiger charge is 2.25. The molecule has 0 fully saturated rings. The van der Waals surface area contributed by atoms with Crippen molar-refractivity contribution in [3.8, 4) is 0 Å². The van der Waals surface area contributed by atoms with Gasteiger partial charge in [-0.15, -0.1) is 0 Å². The fourth-order valence-electron chi connectivity index (χ4n) is 4.09. The number of allylic oxidation sites excluding steroid dienone is 1. The molecule has 1 amide bonds. The lowest BCUT2D eigenvalue weighted by molar-refractivity contribution is -0.139. The van der Waals surface area contributed by atoms with Gasteiger partial charge in [-0.3, -0.25) is 19.0 Å². The summed E-state index contributed by atoms with van der Waals surface area (Å²) in [7, 11) is 0. The van der Waals surface area contributed by atoms with Gasteiger partial charge in [0, 0.05) is 18.7 Å². The molecular weight excluding hydrogens is 406 g/mol. The minimum Gasteiger partial charge on any atom is -0.481 e. The number of anilines is 1. The van der Waals surface area contributed by atoms with Crippen molar-refractivity contribution in [1.29, 1.82) is 0 Å². The number of hydrogen-bond acceptors (Lipinski definition) is 4. The Morgan fingerprint density at radius 2 is 1.91 bits per heavy atom. The zero-order chi connectivity index (χ0) is 22.9. The number of carbonyl (C=O) groups excluding carboxylic acids is 1. The number of hydrogen-bond donors (Lipinski definition) is 2. The quantitative estimate of drug-likeness (QED) is 0.610. The van der Waals surface area contributed by atoms with Crippen LogP contribution in [0.3, 0.4) is 0 Å². The maximum absolute atomic E-state index is 13.0. The van der Waals surface area contributed by atoms with Crippen LogP contribution in [0.1, 0.15) is 44.5 Å². The molecule has 32 heavy (non-hydrogen) atoms. The van der Waals surface area contributed by atoms with E-state index in [-0.39, 0.29) is 24.3 Å². The van der Waals surface area contributed by atoms with Gasteiger partial charge in [-0.2, -0.15) is 0 Å². The second kappa shape index (κ2) is 8.42. The number of aromatic nitrogens is 2. The first-order valence-corrected chi connectivity index (χ1v) is 10.5. The number of carboxylic acid groups (broad SMARTS) is 1. The molecule has 7 nitrogen and oxygen atoms in total. The Morgan fingerprint density at radius 3 is 2.62 bits per heavy atom. The van der Waals surface area contributed by atoms with Crippen molar-refractivity contribution in [3.63, 3.8) is 0 Å². The molecule has 0 unspecified atom stereocenters. The molecule has 0 aliphatic carbocycles. The first-order chi connectivity index (χ1) is 15.2. The summed E-state index contributed by atoms with van der Waals surface area (Å²) in [5.41, 5.74) is 2.33. The highest BCUT2D eigenvalue weighted by molar-refractivity contribution is 5.94. The largest absolute Gasteiger partial charge is 0.481 e. The predicted octanol–water partition coefficient (Wildman–Crippen LogP) is 4.17. The van der Waals surface area contributed by atoms with Gasteiger partial charge >= 0.3 is 5.97 Å². The summed E-state index contributed by atoms with van der Waals surface area (Å²) >= 11 is 0. The fourth-order valence-corrected chi connectivity index (χ4v) is 4.09. The average Bonchev–Trinajstić information content (AvgIpc) is 3.10. The van der Waals surface area contributed by atoms with Crippen LogP contribution >= 0.6 is 0 Å². The zero-order valence-electron chi connectivity index (χ0n) is 18.1. The Hall–Kier alpha value is -3.74. The van der Waals surface area contributed by atoms with Gasteiger partial charge in [-0.25, -0.2) is 4.98 Å². The molecule has 0 bridgehead atoms. The average molecular weight is 431 g/mol. The van der Waals surface area contributed by atoms with Gasteiger partial charge in [0.2, 0.25) is 5.91 Å². The molecule has 2 aromatic carbocycles. The maximum Gasteiger partial charge on any atom is 0.303 e. The van der Waals surface area contributed by atoms with Crippen LogP contribution in [0, 0.1) is 5.41 Å². The van der Waals surface area contributed by atoms with E-state index in [1.54, 1.807) is 36.6 Å². The van der Waals surface area contributed by atoms with Crippen molar-refractivity contribution >= 4 is 40.1 Å². The number of aliphatic carboxylic acids is 1. The molecule has 1 aliphatic heterocycles. The molecule has 1 aliphatic rings. The summed E-state index contributed by atoms with van der Waals surface area (Å²) in [6.07, 6.45) is 2.75. The molecule has 7 heteroatoms. The van der Waals surface area contributed by atoms with Crippen LogP contribution < -0.4 is 10.9 Å². The minimum absolute atomic E-state index is 0.0710. The molecule has 4 rings (SSSR count). The Morgan fingerprint density at radius 1 is 1.16 bits per heavy atom. The third-order valence-electron chi connectivity index (χ3n) is 5.54. The summed E-state index contributed by atoms with van der Waals surface area (Å²) in [4.78, 5) is 41.2. The van der Waals surface area contributed by atoms with E-state index in [1.165, 1.54) is 0 Å². The van der Waals surface area contributed by atoms with E-state index in [2.05, 4.69) is 5.32 Å². The summed E-state index contributed by atoms with van der Waals surface area (Å²) in [6.45, 7) is 4.08. The highest BCUT2D eigenvalue weighted by atomic mass is 16.4. The second-order valence-electron chi connectivity index (χ2n) is 8.91. The Kier molecular flexibility index (Phi) is 5.65. The van der Waals surface area contributed by atoms with Gasteiger partial charge < -0.3 is 10.4 Å². The van der Waals surface area contributed by atoms with Crippen molar-refractivity contribution in [3.05, 3.63) is 70.3 Å². The van der Waals surface area contributed by atoms with Gasteiger partial charge in [-0.05, 0) is 47.2 Å². The minimum atomic E-state index is -0.939. The first kappa shape index (κ1) is 21.5. The Bertz CT molecular complexity index is 1290. The molecule has 164 valence electrons. The van der Waals surface area contributed by atoms with E-state index in [4.69, 9.17) is 10.1 Å². The van der Waals surface area contributed by atoms with E-state index in [1.807, 2.05) is 36.4 Å². The van der Waals surface area contributed by atoms with E-state index >= 15 is 0 Å². The smallest absolute Gasteiger partial charge is 0.303 e. The van der Waals surface area contributed by atoms with Crippen molar-refractivity contribution in [2.45, 2.75) is 39.7 Å². The number of carboxylic acids is 1. The standard InChI is InChI=1S/C25H25N3O4/c1-25(2,15-22(30)31)14-21(29)26-18-8-9-19-20(13-18)27-23-17(10-11-28(23)24(19)32)12-16-6-4-3-5-7-16/h3-9,12-13H,10-11,14-15H2,1-2H3,(H,26,29)(H,30,31). The van der Waals surface area contributed by atoms with E-state index in [9.17, 15) is 14.4 Å². The second-order valence-corrected chi connectivity index (χ2v) is 8.91. The van der Waals surface area contributed by atoms with Crippen molar-refractivity contribution in [2.24, 2.45) is 5.41 Å². The summed E-state index contributed by atoms with van der Waals surface area (Å²) in [5.74, 6) is -0.568. The zero-order valence-corrected chi connectivity index (χ0v) is 18.1. The first-order valence-electron chi connectivity index (χ1n) is 10.5. The van der Waals surface area contributed by atoms with E-state index < -0.39 is 11.4 Å². The number of nitrogens with zero attached hydrogens (tertiary/aromatic N) is 2. The lowest BCUT2D eigenvalue weighted by Gasteiger charge is -2.21. The number of nitrogens with one attached hydrogen (secondary N) is 1. The molecule has 1 aromatic heterocycles. The van der Waals surface area contributed by atoms with Crippen LogP contribution in [-0.4, -0.2) is 26.5 Å². The summed E-state index contributed by atoms with van der Waals surface area (Å²) in [6, 6.07) is 15.0. The molecule has 0 radical (unpaired) electrons. The van der Waals surface area contributed by atoms with Gasteiger partial charge in [0.25, 0.3) is 5.56 Å². The normalized spacial score (nSPS) is 14.5. The third-order valence-corrected chi connectivity index (χ3v) is 5.54. The van der Waals surface area contributed by atoms with Crippen molar-refractivity contribution < 1.29 is 14.7 Å². The number of carbonyl (C=O) groups is 2. The molecule has 3 aromatic rings. The van der Waals surface area contributed by atoms with Gasteiger partial charge in [0.1, 0.15) is 5.82 Å². The lowest BCUT2D eigenvalue weighted by Crippen LogP contribution is -2.25. The van der Waals surface area contributed by atoms with Crippen LogP contribution in [0.5, 0.6) is 0 Å². The number of rotatable bonds is 6. The van der Waals surface area contributed by atoms with Crippen molar-refractivity contribution in [2.75, 3.05) is 5.32 Å². The fraction of sp³-hybridized carbons (Fsp3) is 0.280. The monoisotopic (exact) mass is 431 g/mol. The molecular formula is C25H25N3O4. The summed E-state index contributed by atoms with van der Waals surface area (Å²) < 4.78 is 1.70. The van der Waals surface area contributed by atoms with Gasteiger partial charge in [-0.1, -0.05) is 44.2 Å². The Balaban J connectivity index is 1.63. The highest BCUT2D eigenvalue weighted by Crippen LogP contribution is 2.29. The lowest BCUT2D eigenvalue weighted by atomic mass is 9.85. The van der Waals surface area contributed by atoms with Crippen LogP contribution in [0.15, 0.2) is 53.3 Å². The van der Waals surface area contributed by atoms with E-state index in [0.29, 0.717) is 29.0 Å². The molecule has 0 atom stereocenters. The molecule has 0 spiro atoms. The van der Waals surface area contributed by atoms with Crippen LogP contribution in [0.2, 0.25) is 0 Å². The number of amides is 1. The topological polar surface area (TPSA) is 101 Å². The van der Waals surface area contributed by atoms with Crippen molar-refractivity contribution in [1.82, 2.24) is 9.55 Å². The SMILES string of the molecule is CC(C)(CC(=O)O)CC(=O)Nc1ccc2c(=O)n3c(nc2c1)C(=Cc1ccccc1)CC3. The van der Waals surface area contributed by atoms with Crippen LogP contribution in [-0.2, 0) is 16.1 Å². The molecule has 0 saturated carbocycles. The van der Waals surface area contributed by atoms with Gasteiger partial charge in [0.15, 0.2) is 0 Å². The summed E-state index contributed by atoms with van der Waals surface area (Å²) in [5, 5.41) is 12.3. The van der Waals surface area contributed by atoms with E-state index in [0.717, 1.165) is 17.6 Å². The number of fused-ring (bicyclic) bond motifs is 2. The van der Waals surface area contributed by atoms with Crippen LogP contribution in [0.25, 0.3) is 22.6 Å². The van der Waals surface area contributed by atoms with Crippen LogP contribution in [0.4, 0.5) is 5.69 Å².